The van der Waals surface area contributed by atoms with Gasteiger partial charge in [0.15, 0.2) is 0 Å². The van der Waals surface area contributed by atoms with Crippen LogP contribution in [0.1, 0.15) is 13.8 Å². The molecule has 1 aromatic carbocycles. The number of sulfonamides is 1. The molecule has 1 heterocycles. The van der Waals surface area contributed by atoms with E-state index in [1.54, 1.807) is 0 Å². The molecule has 114 valence electrons. The standard InChI is InChI=1S/C12H12BrClN2O4S/c1-12(2)11(18)15-10(17)6-16(12)21(19,20)7-3-4-9(14)8(13)5-7/h3-5H,6H2,1-2H3,(H,15,17,18). The highest BCUT2D eigenvalue weighted by Crippen LogP contribution is 2.30. The van der Waals surface area contributed by atoms with Gasteiger partial charge >= 0.3 is 0 Å². The van der Waals surface area contributed by atoms with E-state index in [2.05, 4.69) is 21.2 Å². The molecule has 1 saturated heterocycles. The van der Waals surface area contributed by atoms with Gasteiger partial charge in [0, 0.05) is 4.47 Å². The lowest BCUT2D eigenvalue weighted by atomic mass is 10.0. The van der Waals surface area contributed by atoms with E-state index < -0.39 is 33.9 Å². The number of carbonyl (C=O) groups excluding carboxylic acids is 2. The average Bonchev–Trinajstić information content (AvgIpc) is 2.37. The number of nitrogens with zero attached hydrogens (tertiary/aromatic N) is 1. The number of benzene rings is 1. The molecule has 9 heteroatoms. The van der Waals surface area contributed by atoms with Gasteiger partial charge in [-0.15, -0.1) is 0 Å². The normalized spacial score (nSPS) is 19.4. The Balaban J connectivity index is 2.53. The minimum atomic E-state index is -4.01. The molecule has 0 bridgehead atoms. The molecule has 6 nitrogen and oxygen atoms in total. The fraction of sp³-hybridized carbons (Fsp3) is 0.333. The number of carbonyl (C=O) groups is 2. The van der Waals surface area contributed by atoms with Crippen molar-refractivity contribution < 1.29 is 18.0 Å². The molecule has 1 aromatic rings. The van der Waals surface area contributed by atoms with Gasteiger partial charge in [0.25, 0.3) is 0 Å². The van der Waals surface area contributed by atoms with Crippen LogP contribution in [-0.2, 0) is 19.6 Å². The summed E-state index contributed by atoms with van der Waals surface area (Å²) in [6, 6.07) is 4.09. The Kier molecular flexibility index (Phi) is 4.18. The maximum Gasteiger partial charge on any atom is 0.247 e. The number of imide groups is 1. The summed E-state index contributed by atoms with van der Waals surface area (Å²) < 4.78 is 26.7. The number of amides is 2. The largest absolute Gasteiger partial charge is 0.294 e. The van der Waals surface area contributed by atoms with Crippen LogP contribution in [0.15, 0.2) is 27.6 Å². The van der Waals surface area contributed by atoms with E-state index in [0.29, 0.717) is 9.50 Å². The van der Waals surface area contributed by atoms with Gasteiger partial charge in [-0.2, -0.15) is 4.31 Å². The van der Waals surface area contributed by atoms with Crippen molar-refractivity contribution in [3.05, 3.63) is 27.7 Å². The van der Waals surface area contributed by atoms with Gasteiger partial charge in [0.2, 0.25) is 21.8 Å². The van der Waals surface area contributed by atoms with Gasteiger partial charge in [-0.3, -0.25) is 14.9 Å². The van der Waals surface area contributed by atoms with E-state index in [1.165, 1.54) is 32.0 Å². The lowest BCUT2D eigenvalue weighted by Gasteiger charge is -2.38. The van der Waals surface area contributed by atoms with E-state index in [4.69, 9.17) is 11.6 Å². The number of rotatable bonds is 2. The van der Waals surface area contributed by atoms with Crippen molar-refractivity contribution in [2.24, 2.45) is 0 Å². The zero-order valence-corrected chi connectivity index (χ0v) is 14.3. The third-order valence-electron chi connectivity index (χ3n) is 3.20. The third kappa shape index (κ3) is 2.85. The van der Waals surface area contributed by atoms with Crippen LogP contribution in [0.5, 0.6) is 0 Å². The predicted molar refractivity (Wildman–Crippen MR) is 80.3 cm³/mol. The van der Waals surface area contributed by atoms with E-state index in [-0.39, 0.29) is 4.90 Å². The van der Waals surface area contributed by atoms with Gasteiger partial charge < -0.3 is 0 Å². The highest BCUT2D eigenvalue weighted by molar-refractivity contribution is 9.10. The molecule has 0 radical (unpaired) electrons. The average molecular weight is 396 g/mol. The van der Waals surface area contributed by atoms with Crippen LogP contribution in [0.2, 0.25) is 5.02 Å². The van der Waals surface area contributed by atoms with Gasteiger partial charge in [-0.1, -0.05) is 11.6 Å². The first kappa shape index (κ1) is 16.4. The molecule has 1 aliphatic rings. The van der Waals surface area contributed by atoms with Crippen LogP contribution >= 0.6 is 27.5 Å². The maximum absolute atomic E-state index is 12.7. The van der Waals surface area contributed by atoms with Crippen LogP contribution in [0.3, 0.4) is 0 Å². The molecule has 1 aliphatic heterocycles. The quantitative estimate of drug-likeness (QED) is 0.770. The van der Waals surface area contributed by atoms with Crippen LogP contribution in [0.4, 0.5) is 0 Å². The van der Waals surface area contributed by atoms with Gasteiger partial charge in [0.1, 0.15) is 5.54 Å². The molecule has 0 spiro atoms. The molecular formula is C12H12BrClN2O4S. The molecule has 0 unspecified atom stereocenters. The Morgan fingerprint density at radius 2 is 1.95 bits per heavy atom. The molecule has 0 aliphatic carbocycles. The maximum atomic E-state index is 12.7. The summed E-state index contributed by atoms with van der Waals surface area (Å²) in [5.41, 5.74) is -1.36. The fourth-order valence-electron chi connectivity index (χ4n) is 1.91. The zero-order chi connectivity index (χ0) is 16.0. The summed E-state index contributed by atoms with van der Waals surface area (Å²) in [6.45, 7) is 2.47. The third-order valence-corrected chi connectivity index (χ3v) is 6.43. The lowest BCUT2D eigenvalue weighted by Crippen LogP contribution is -2.65. The van der Waals surface area contributed by atoms with Crippen molar-refractivity contribution >= 4 is 49.4 Å². The van der Waals surface area contributed by atoms with Crippen LogP contribution in [0.25, 0.3) is 0 Å². The minimum Gasteiger partial charge on any atom is -0.294 e. The molecule has 0 saturated carbocycles. The Labute approximate surface area is 135 Å². The van der Waals surface area contributed by atoms with Gasteiger partial charge in [-0.05, 0) is 48.0 Å². The van der Waals surface area contributed by atoms with Gasteiger partial charge in [-0.25, -0.2) is 8.42 Å². The highest BCUT2D eigenvalue weighted by Gasteiger charge is 2.47. The smallest absolute Gasteiger partial charge is 0.247 e. The number of nitrogens with one attached hydrogen (secondary N) is 1. The zero-order valence-electron chi connectivity index (χ0n) is 11.2. The first-order valence-electron chi connectivity index (χ1n) is 5.89. The Bertz CT molecular complexity index is 733. The van der Waals surface area contributed by atoms with Gasteiger partial charge in [0.05, 0.1) is 16.5 Å². The molecule has 0 atom stereocenters. The number of piperazine rings is 1. The van der Waals surface area contributed by atoms with E-state index in [0.717, 1.165) is 4.31 Å². The van der Waals surface area contributed by atoms with Crippen molar-refractivity contribution in [1.82, 2.24) is 9.62 Å². The molecular weight excluding hydrogens is 384 g/mol. The Hall–Kier alpha value is -0.960. The second-order valence-corrected chi connectivity index (χ2v) is 8.15. The summed E-state index contributed by atoms with van der Waals surface area (Å²) in [7, 11) is -4.01. The van der Waals surface area contributed by atoms with E-state index in [9.17, 15) is 18.0 Å². The number of hydrogen-bond acceptors (Lipinski definition) is 4. The summed E-state index contributed by atoms with van der Waals surface area (Å²) in [5.74, 6) is -1.31. The molecule has 0 aromatic heterocycles. The Morgan fingerprint density at radius 3 is 2.52 bits per heavy atom. The van der Waals surface area contributed by atoms with Crippen molar-refractivity contribution in [3.63, 3.8) is 0 Å². The number of hydrogen-bond donors (Lipinski definition) is 1. The van der Waals surface area contributed by atoms with Crippen molar-refractivity contribution in [2.45, 2.75) is 24.3 Å². The van der Waals surface area contributed by atoms with Crippen molar-refractivity contribution in [3.8, 4) is 0 Å². The first-order chi connectivity index (χ1) is 9.56. The van der Waals surface area contributed by atoms with Crippen molar-refractivity contribution in [1.29, 1.82) is 0 Å². The first-order valence-corrected chi connectivity index (χ1v) is 8.50. The van der Waals surface area contributed by atoms with E-state index >= 15 is 0 Å². The van der Waals surface area contributed by atoms with E-state index in [1.807, 2.05) is 0 Å². The molecule has 21 heavy (non-hydrogen) atoms. The SMILES string of the molecule is CC1(C)C(=O)NC(=O)CN1S(=O)(=O)c1ccc(Cl)c(Br)c1. The summed E-state index contributed by atoms with van der Waals surface area (Å²) in [4.78, 5) is 23.3. The fourth-order valence-corrected chi connectivity index (χ4v) is 4.29. The van der Waals surface area contributed by atoms with Crippen LogP contribution < -0.4 is 5.32 Å². The Morgan fingerprint density at radius 1 is 1.33 bits per heavy atom. The minimum absolute atomic E-state index is 0.0469. The van der Waals surface area contributed by atoms with Crippen LogP contribution in [-0.4, -0.2) is 36.6 Å². The highest BCUT2D eigenvalue weighted by atomic mass is 79.9. The molecule has 1 fully saturated rings. The van der Waals surface area contributed by atoms with Crippen LogP contribution in [0, 0.1) is 0 Å². The second-order valence-electron chi connectivity index (χ2n) is 5.02. The summed E-state index contributed by atoms with van der Waals surface area (Å²) >= 11 is 9.00. The predicted octanol–water partition coefficient (Wildman–Crippen LogP) is 1.53. The molecule has 2 rings (SSSR count). The van der Waals surface area contributed by atoms with Crippen molar-refractivity contribution in [2.75, 3.05) is 6.54 Å². The summed E-state index contributed by atoms with van der Waals surface area (Å²) in [6.07, 6.45) is 0. The number of halogens is 2. The molecule has 1 N–H and O–H groups in total. The topological polar surface area (TPSA) is 83.6 Å². The summed E-state index contributed by atoms with van der Waals surface area (Å²) in [5, 5.41) is 2.49. The molecule has 2 amide bonds. The monoisotopic (exact) mass is 394 g/mol. The lowest BCUT2D eigenvalue weighted by molar-refractivity contribution is -0.141. The second kappa shape index (κ2) is 5.35.